The summed E-state index contributed by atoms with van der Waals surface area (Å²) in [6.45, 7) is -0.712. The summed E-state index contributed by atoms with van der Waals surface area (Å²) in [5, 5.41) is 9.38. The zero-order valence-electron chi connectivity index (χ0n) is 16.9. The SMILES string of the molecule is COc1ccccc1CN(CC(=O)O)C(=O)[C@@H]1OCC(=O)N(C)[C@@H]1c1ccccc1. The molecule has 1 aliphatic heterocycles. The number of ether oxygens (including phenoxy) is 2. The van der Waals surface area contributed by atoms with Crippen molar-refractivity contribution in [2.24, 2.45) is 0 Å². The first-order chi connectivity index (χ1) is 14.4. The van der Waals surface area contributed by atoms with Crippen LogP contribution in [0.4, 0.5) is 0 Å². The topological polar surface area (TPSA) is 96.4 Å². The molecule has 0 aromatic heterocycles. The highest BCUT2D eigenvalue weighted by atomic mass is 16.5. The molecule has 8 nitrogen and oxygen atoms in total. The first kappa shape index (κ1) is 21.3. The number of para-hydroxylation sites is 1. The highest BCUT2D eigenvalue weighted by Crippen LogP contribution is 2.31. The molecule has 1 saturated heterocycles. The summed E-state index contributed by atoms with van der Waals surface area (Å²) in [5.74, 6) is -1.34. The number of nitrogens with zero attached hydrogens (tertiary/aromatic N) is 2. The molecule has 0 radical (unpaired) electrons. The van der Waals surface area contributed by atoms with Crippen LogP contribution < -0.4 is 4.74 Å². The van der Waals surface area contributed by atoms with Crippen LogP contribution in [0.2, 0.25) is 0 Å². The van der Waals surface area contributed by atoms with E-state index in [0.29, 0.717) is 11.3 Å². The van der Waals surface area contributed by atoms with Crippen LogP contribution in [-0.4, -0.2) is 66.1 Å². The molecule has 3 rings (SSSR count). The molecule has 8 heteroatoms. The number of carboxylic acids is 1. The molecule has 1 aliphatic rings. The van der Waals surface area contributed by atoms with Crippen LogP contribution in [0.1, 0.15) is 17.2 Å². The largest absolute Gasteiger partial charge is 0.496 e. The number of likely N-dealkylation sites (N-methyl/N-ethyl adjacent to an activating group) is 1. The number of benzene rings is 2. The standard InChI is InChI=1S/C22H24N2O6/c1-23-18(25)14-30-21(20(23)15-8-4-3-5-9-15)22(28)24(13-19(26)27)12-16-10-6-7-11-17(16)29-2/h3-11,20-21H,12-14H2,1-2H3,(H,26,27)/t20-,21-/m1/s1. The molecule has 1 heterocycles. The van der Waals surface area contributed by atoms with Crippen LogP contribution in [0.3, 0.4) is 0 Å². The molecule has 0 aliphatic carbocycles. The molecule has 1 fully saturated rings. The summed E-state index contributed by atoms with van der Waals surface area (Å²) < 4.78 is 11.0. The maximum absolute atomic E-state index is 13.4. The van der Waals surface area contributed by atoms with Gasteiger partial charge in [-0.1, -0.05) is 48.5 Å². The maximum Gasteiger partial charge on any atom is 0.323 e. The van der Waals surface area contributed by atoms with Gasteiger partial charge in [-0.25, -0.2) is 0 Å². The van der Waals surface area contributed by atoms with Gasteiger partial charge in [0, 0.05) is 12.6 Å². The molecule has 2 atom stereocenters. The molecule has 2 aromatic rings. The second-order valence-electron chi connectivity index (χ2n) is 6.99. The van der Waals surface area contributed by atoms with E-state index < -0.39 is 30.6 Å². The van der Waals surface area contributed by atoms with Crippen LogP contribution in [-0.2, 0) is 25.7 Å². The van der Waals surface area contributed by atoms with Crippen molar-refractivity contribution in [2.45, 2.75) is 18.7 Å². The third-order valence-electron chi connectivity index (χ3n) is 5.06. The zero-order valence-corrected chi connectivity index (χ0v) is 16.9. The summed E-state index contributed by atoms with van der Waals surface area (Å²) in [6.07, 6.45) is -1.02. The van der Waals surface area contributed by atoms with E-state index >= 15 is 0 Å². The fourth-order valence-electron chi connectivity index (χ4n) is 3.56. The summed E-state index contributed by atoms with van der Waals surface area (Å²) in [5.41, 5.74) is 1.41. The van der Waals surface area contributed by atoms with Crippen molar-refractivity contribution >= 4 is 17.8 Å². The number of hydrogen-bond acceptors (Lipinski definition) is 5. The van der Waals surface area contributed by atoms with Crippen LogP contribution in [0, 0.1) is 0 Å². The lowest BCUT2D eigenvalue weighted by atomic mass is 9.97. The Morgan fingerprint density at radius 2 is 1.83 bits per heavy atom. The third-order valence-corrected chi connectivity index (χ3v) is 5.06. The molecule has 2 amide bonds. The van der Waals surface area contributed by atoms with Crippen LogP contribution in [0.15, 0.2) is 54.6 Å². The molecule has 30 heavy (non-hydrogen) atoms. The first-order valence-electron chi connectivity index (χ1n) is 9.47. The summed E-state index contributed by atoms with van der Waals surface area (Å²) >= 11 is 0. The smallest absolute Gasteiger partial charge is 0.323 e. The Kier molecular flexibility index (Phi) is 6.68. The average Bonchev–Trinajstić information content (AvgIpc) is 2.75. The molecule has 158 valence electrons. The van der Waals surface area contributed by atoms with Gasteiger partial charge < -0.3 is 24.4 Å². The molecular weight excluding hydrogens is 388 g/mol. The minimum absolute atomic E-state index is 0.0359. The van der Waals surface area contributed by atoms with E-state index in [1.54, 1.807) is 31.3 Å². The lowest BCUT2D eigenvalue weighted by molar-refractivity contribution is -0.169. The lowest BCUT2D eigenvalue weighted by Gasteiger charge is -2.40. The van der Waals surface area contributed by atoms with Crippen molar-refractivity contribution in [3.63, 3.8) is 0 Å². The second-order valence-corrected chi connectivity index (χ2v) is 6.99. The highest BCUT2D eigenvalue weighted by molar-refractivity contribution is 5.88. The molecular formula is C22H24N2O6. The number of morpholine rings is 1. The molecule has 0 saturated carbocycles. The Bertz CT molecular complexity index is 917. The van der Waals surface area contributed by atoms with Crippen molar-refractivity contribution in [3.05, 3.63) is 65.7 Å². The van der Waals surface area contributed by atoms with Crippen molar-refractivity contribution in [3.8, 4) is 5.75 Å². The lowest BCUT2D eigenvalue weighted by Crippen LogP contribution is -2.54. The van der Waals surface area contributed by atoms with Gasteiger partial charge in [-0.3, -0.25) is 14.4 Å². The number of amides is 2. The monoisotopic (exact) mass is 412 g/mol. The predicted octanol–water partition coefficient (Wildman–Crippen LogP) is 1.71. The van der Waals surface area contributed by atoms with Gasteiger partial charge in [-0.2, -0.15) is 0 Å². The van der Waals surface area contributed by atoms with E-state index in [1.807, 2.05) is 30.3 Å². The highest BCUT2D eigenvalue weighted by Gasteiger charge is 2.42. The fourth-order valence-corrected chi connectivity index (χ4v) is 3.56. The minimum atomic E-state index is -1.14. The number of methoxy groups -OCH3 is 1. The van der Waals surface area contributed by atoms with Gasteiger partial charge in [-0.05, 0) is 11.6 Å². The Morgan fingerprint density at radius 3 is 2.50 bits per heavy atom. The first-order valence-corrected chi connectivity index (χ1v) is 9.47. The summed E-state index contributed by atoms with van der Waals surface area (Å²) in [7, 11) is 3.13. The number of aliphatic carboxylic acids is 1. The number of hydrogen-bond donors (Lipinski definition) is 1. The van der Waals surface area contributed by atoms with Gasteiger partial charge in [0.2, 0.25) is 5.91 Å². The van der Waals surface area contributed by atoms with Gasteiger partial charge in [0.15, 0.2) is 6.10 Å². The number of rotatable bonds is 7. The van der Waals surface area contributed by atoms with E-state index in [-0.39, 0.29) is 19.1 Å². The molecule has 0 bridgehead atoms. The average molecular weight is 412 g/mol. The van der Waals surface area contributed by atoms with Gasteiger partial charge in [-0.15, -0.1) is 0 Å². The normalized spacial score (nSPS) is 18.7. The Labute approximate surface area is 174 Å². The Hall–Kier alpha value is -3.39. The van der Waals surface area contributed by atoms with E-state index in [1.165, 1.54) is 16.9 Å². The third kappa shape index (κ3) is 4.60. The molecule has 0 spiro atoms. The Balaban J connectivity index is 1.93. The van der Waals surface area contributed by atoms with Gasteiger partial charge >= 0.3 is 5.97 Å². The van der Waals surface area contributed by atoms with E-state index in [0.717, 1.165) is 5.56 Å². The van der Waals surface area contributed by atoms with Crippen molar-refractivity contribution in [1.29, 1.82) is 0 Å². The minimum Gasteiger partial charge on any atom is -0.496 e. The predicted molar refractivity (Wildman–Crippen MR) is 108 cm³/mol. The number of carbonyl (C=O) groups excluding carboxylic acids is 2. The van der Waals surface area contributed by atoms with Gasteiger partial charge in [0.1, 0.15) is 18.9 Å². The zero-order chi connectivity index (χ0) is 21.7. The van der Waals surface area contributed by atoms with Crippen LogP contribution in [0.5, 0.6) is 5.75 Å². The second kappa shape index (κ2) is 9.41. The fraction of sp³-hybridized carbons (Fsp3) is 0.318. The van der Waals surface area contributed by atoms with E-state index in [9.17, 15) is 19.5 Å². The summed E-state index contributed by atoms with van der Waals surface area (Å²) in [4.78, 5) is 39.8. The van der Waals surface area contributed by atoms with Crippen molar-refractivity contribution in [2.75, 3.05) is 27.3 Å². The maximum atomic E-state index is 13.4. The molecule has 1 N–H and O–H groups in total. The molecule has 2 aromatic carbocycles. The summed E-state index contributed by atoms with van der Waals surface area (Å²) in [6, 6.07) is 15.5. The van der Waals surface area contributed by atoms with Crippen molar-refractivity contribution < 1.29 is 29.0 Å². The van der Waals surface area contributed by atoms with Crippen LogP contribution in [0.25, 0.3) is 0 Å². The number of carboxylic acid groups (broad SMARTS) is 1. The van der Waals surface area contributed by atoms with Gasteiger partial charge in [0.05, 0.1) is 19.7 Å². The van der Waals surface area contributed by atoms with Crippen molar-refractivity contribution in [1.82, 2.24) is 9.80 Å². The van der Waals surface area contributed by atoms with Gasteiger partial charge in [0.25, 0.3) is 5.91 Å². The van der Waals surface area contributed by atoms with E-state index in [4.69, 9.17) is 9.47 Å². The van der Waals surface area contributed by atoms with E-state index in [2.05, 4.69) is 0 Å². The van der Waals surface area contributed by atoms with Crippen LogP contribution >= 0.6 is 0 Å². The molecule has 0 unspecified atom stereocenters. The Morgan fingerprint density at radius 1 is 1.17 bits per heavy atom. The quantitative estimate of drug-likeness (QED) is 0.744. The number of carbonyl (C=O) groups is 3.